The SMILES string of the molecule is CC(Cc1ccc2c(c1)OCO2)N(C)C(=O)OCC(C)(C)OC(=O)C(N)Cc1ccccc1. The summed E-state index contributed by atoms with van der Waals surface area (Å²) in [5.74, 6) is 0.892. The highest BCUT2D eigenvalue weighted by molar-refractivity contribution is 5.76. The number of benzene rings is 2. The Morgan fingerprint density at radius 2 is 1.76 bits per heavy atom. The molecule has 1 aliphatic rings. The Kier molecular flexibility index (Phi) is 7.81. The molecule has 2 N–H and O–H groups in total. The van der Waals surface area contributed by atoms with Gasteiger partial charge in [0.15, 0.2) is 11.5 Å². The van der Waals surface area contributed by atoms with Crippen molar-refractivity contribution >= 4 is 12.1 Å². The molecule has 0 bridgehead atoms. The van der Waals surface area contributed by atoms with E-state index in [4.69, 9.17) is 24.7 Å². The van der Waals surface area contributed by atoms with Crippen molar-refractivity contribution in [2.75, 3.05) is 20.4 Å². The molecule has 2 aromatic carbocycles. The molecule has 3 rings (SSSR count). The average molecular weight is 457 g/mol. The summed E-state index contributed by atoms with van der Waals surface area (Å²) in [6.07, 6.45) is 0.492. The van der Waals surface area contributed by atoms with E-state index in [1.165, 1.54) is 4.90 Å². The molecule has 0 spiro atoms. The standard InChI is InChI=1S/C25H32N2O6/c1-17(12-19-10-11-21-22(14-19)32-16-31-21)27(4)24(29)30-15-25(2,3)33-23(28)20(26)13-18-8-6-5-7-9-18/h5-11,14,17,20H,12-13,15-16,26H2,1-4H3. The van der Waals surface area contributed by atoms with Crippen LogP contribution in [0.1, 0.15) is 31.9 Å². The van der Waals surface area contributed by atoms with E-state index in [0.717, 1.165) is 16.9 Å². The lowest BCUT2D eigenvalue weighted by molar-refractivity contribution is -0.162. The predicted molar refractivity (Wildman–Crippen MR) is 123 cm³/mol. The molecule has 8 heteroatoms. The van der Waals surface area contributed by atoms with Gasteiger partial charge in [0.2, 0.25) is 6.79 Å². The number of esters is 1. The fourth-order valence-electron chi connectivity index (χ4n) is 3.39. The summed E-state index contributed by atoms with van der Waals surface area (Å²) in [7, 11) is 1.68. The molecule has 33 heavy (non-hydrogen) atoms. The maximum absolute atomic E-state index is 12.6. The Morgan fingerprint density at radius 3 is 2.48 bits per heavy atom. The fourth-order valence-corrected chi connectivity index (χ4v) is 3.39. The Hall–Kier alpha value is -3.26. The second-order valence-corrected chi connectivity index (χ2v) is 8.88. The number of nitrogens with zero attached hydrogens (tertiary/aromatic N) is 1. The first kappa shape index (κ1) is 24.4. The number of ether oxygens (including phenoxy) is 4. The first-order valence-electron chi connectivity index (χ1n) is 10.9. The van der Waals surface area contributed by atoms with E-state index in [0.29, 0.717) is 18.6 Å². The average Bonchev–Trinajstić information content (AvgIpc) is 3.25. The van der Waals surface area contributed by atoms with Crippen molar-refractivity contribution in [1.29, 1.82) is 0 Å². The molecule has 0 fully saturated rings. The van der Waals surface area contributed by atoms with Gasteiger partial charge in [0, 0.05) is 13.1 Å². The summed E-state index contributed by atoms with van der Waals surface area (Å²) in [6.45, 7) is 5.43. The first-order chi connectivity index (χ1) is 15.6. The topological polar surface area (TPSA) is 100 Å². The third-order valence-electron chi connectivity index (χ3n) is 5.44. The smallest absolute Gasteiger partial charge is 0.409 e. The second-order valence-electron chi connectivity index (χ2n) is 8.88. The van der Waals surface area contributed by atoms with Crippen LogP contribution in [0.5, 0.6) is 11.5 Å². The van der Waals surface area contributed by atoms with Crippen LogP contribution in [-0.4, -0.2) is 55.1 Å². The first-order valence-corrected chi connectivity index (χ1v) is 10.9. The summed E-state index contributed by atoms with van der Waals surface area (Å²) in [5, 5.41) is 0. The monoisotopic (exact) mass is 456 g/mol. The molecule has 2 aromatic rings. The molecule has 0 saturated carbocycles. The molecule has 8 nitrogen and oxygen atoms in total. The van der Waals surface area contributed by atoms with Gasteiger partial charge in [-0.3, -0.25) is 4.79 Å². The maximum Gasteiger partial charge on any atom is 0.409 e. The number of rotatable bonds is 9. The molecule has 178 valence electrons. The summed E-state index contributed by atoms with van der Waals surface area (Å²) in [4.78, 5) is 26.5. The number of hydrogen-bond acceptors (Lipinski definition) is 7. The van der Waals surface area contributed by atoms with Gasteiger partial charge < -0.3 is 29.6 Å². The lowest BCUT2D eigenvalue weighted by Crippen LogP contribution is -2.44. The molecule has 2 atom stereocenters. The van der Waals surface area contributed by atoms with Gasteiger partial charge in [0.05, 0.1) is 0 Å². The fraction of sp³-hybridized carbons (Fsp3) is 0.440. The van der Waals surface area contributed by atoms with Crippen molar-refractivity contribution in [2.45, 2.75) is 51.3 Å². The third kappa shape index (κ3) is 6.86. The summed E-state index contributed by atoms with van der Waals surface area (Å²) in [5.41, 5.74) is 6.96. The third-order valence-corrected chi connectivity index (χ3v) is 5.44. The minimum Gasteiger partial charge on any atom is -0.455 e. The van der Waals surface area contributed by atoms with Crippen molar-refractivity contribution < 1.29 is 28.5 Å². The highest BCUT2D eigenvalue weighted by atomic mass is 16.7. The van der Waals surface area contributed by atoms with Gasteiger partial charge >= 0.3 is 12.1 Å². The van der Waals surface area contributed by atoms with Crippen molar-refractivity contribution in [3.05, 3.63) is 59.7 Å². The zero-order valence-electron chi connectivity index (χ0n) is 19.6. The van der Waals surface area contributed by atoms with Crippen LogP contribution in [0, 0.1) is 0 Å². The van der Waals surface area contributed by atoms with Crippen LogP contribution < -0.4 is 15.2 Å². The Morgan fingerprint density at radius 1 is 1.06 bits per heavy atom. The molecule has 0 aliphatic carbocycles. The van der Waals surface area contributed by atoms with Crippen LogP contribution in [0.3, 0.4) is 0 Å². The van der Waals surface area contributed by atoms with Crippen molar-refractivity contribution in [3.8, 4) is 11.5 Å². The second kappa shape index (κ2) is 10.6. The van der Waals surface area contributed by atoms with Crippen LogP contribution in [0.15, 0.2) is 48.5 Å². The normalized spacial score (nSPS) is 14.3. The molecule has 0 aromatic heterocycles. The molecule has 0 radical (unpaired) electrons. The van der Waals surface area contributed by atoms with E-state index >= 15 is 0 Å². The zero-order chi connectivity index (χ0) is 24.0. The van der Waals surface area contributed by atoms with Crippen LogP contribution in [-0.2, 0) is 27.1 Å². The predicted octanol–water partition coefficient (Wildman–Crippen LogP) is 3.31. The molecule has 0 saturated heterocycles. The number of likely N-dealkylation sites (N-methyl/N-ethyl adjacent to an activating group) is 1. The van der Waals surface area contributed by atoms with Gasteiger partial charge in [-0.2, -0.15) is 0 Å². The van der Waals surface area contributed by atoms with E-state index < -0.39 is 23.7 Å². The van der Waals surface area contributed by atoms with Crippen LogP contribution in [0.4, 0.5) is 4.79 Å². The van der Waals surface area contributed by atoms with Crippen LogP contribution in [0.25, 0.3) is 0 Å². The number of carbonyl (C=O) groups excluding carboxylic acids is 2. The highest BCUT2D eigenvalue weighted by Gasteiger charge is 2.29. The number of nitrogens with two attached hydrogens (primary N) is 1. The number of fused-ring (bicyclic) bond motifs is 1. The lowest BCUT2D eigenvalue weighted by atomic mass is 10.1. The Bertz CT molecular complexity index is 963. The van der Waals surface area contributed by atoms with Crippen LogP contribution in [0.2, 0.25) is 0 Å². The van der Waals surface area contributed by atoms with Crippen LogP contribution >= 0.6 is 0 Å². The van der Waals surface area contributed by atoms with E-state index in [2.05, 4.69) is 0 Å². The minimum atomic E-state index is -1.01. The lowest BCUT2D eigenvalue weighted by Gasteiger charge is -2.29. The van der Waals surface area contributed by atoms with E-state index in [1.807, 2.05) is 55.5 Å². The van der Waals surface area contributed by atoms with Gasteiger partial charge in [-0.15, -0.1) is 0 Å². The van der Waals surface area contributed by atoms with Gasteiger partial charge in [0.1, 0.15) is 18.2 Å². The summed E-state index contributed by atoms with van der Waals surface area (Å²) in [6, 6.07) is 14.3. The minimum absolute atomic E-state index is 0.0866. The largest absolute Gasteiger partial charge is 0.455 e. The molecule has 1 heterocycles. The molecule has 1 aliphatic heterocycles. The van der Waals surface area contributed by atoms with E-state index in [1.54, 1.807) is 20.9 Å². The number of hydrogen-bond donors (Lipinski definition) is 1. The maximum atomic E-state index is 12.6. The highest BCUT2D eigenvalue weighted by Crippen LogP contribution is 2.33. The Balaban J connectivity index is 1.46. The van der Waals surface area contributed by atoms with Gasteiger partial charge in [-0.1, -0.05) is 36.4 Å². The summed E-state index contributed by atoms with van der Waals surface area (Å²) >= 11 is 0. The van der Waals surface area contributed by atoms with Gasteiger partial charge in [0.25, 0.3) is 0 Å². The molecule has 2 unspecified atom stereocenters. The zero-order valence-corrected chi connectivity index (χ0v) is 19.6. The van der Waals surface area contributed by atoms with Gasteiger partial charge in [-0.25, -0.2) is 4.79 Å². The quantitative estimate of drug-likeness (QED) is 0.578. The van der Waals surface area contributed by atoms with Crippen molar-refractivity contribution in [2.24, 2.45) is 5.73 Å². The number of carbonyl (C=O) groups is 2. The summed E-state index contributed by atoms with van der Waals surface area (Å²) < 4.78 is 21.7. The van der Waals surface area contributed by atoms with Gasteiger partial charge in [-0.05, 0) is 56.9 Å². The number of amides is 1. The molecule has 1 amide bonds. The molecular weight excluding hydrogens is 424 g/mol. The van der Waals surface area contributed by atoms with E-state index in [9.17, 15) is 9.59 Å². The van der Waals surface area contributed by atoms with Crippen molar-refractivity contribution in [3.63, 3.8) is 0 Å². The molecular formula is C25H32N2O6. The Labute approximate surface area is 194 Å². The van der Waals surface area contributed by atoms with Crippen molar-refractivity contribution in [1.82, 2.24) is 4.90 Å². The van der Waals surface area contributed by atoms with E-state index in [-0.39, 0.29) is 19.4 Å².